The Morgan fingerprint density at radius 1 is 1.06 bits per heavy atom. The predicted octanol–water partition coefficient (Wildman–Crippen LogP) is 3.90. The van der Waals surface area contributed by atoms with E-state index in [1.165, 1.54) is 36.5 Å². The molecule has 1 amide bonds. The number of halogens is 1. The molecule has 3 rings (SSSR count). The molecule has 0 aliphatic heterocycles. The highest BCUT2D eigenvalue weighted by atomic mass is 35.5. The van der Waals surface area contributed by atoms with Gasteiger partial charge in [-0.1, -0.05) is 41.4 Å². The minimum Gasteiger partial charge on any atom is -0.506 e. The molecule has 3 aromatic rings. The van der Waals surface area contributed by atoms with Gasteiger partial charge in [-0.2, -0.15) is 5.10 Å². The van der Waals surface area contributed by atoms with Crippen LogP contribution in [0.5, 0.6) is 5.75 Å². The van der Waals surface area contributed by atoms with Gasteiger partial charge in [0.25, 0.3) is 5.91 Å². The number of rotatable bonds is 4. The predicted molar refractivity (Wildman–Crippen MR) is 120 cm³/mol. The molecule has 0 saturated carbocycles. The molecule has 0 aliphatic carbocycles. The van der Waals surface area contributed by atoms with Crippen LogP contribution in [0, 0.1) is 18.1 Å². The van der Waals surface area contributed by atoms with Crippen molar-refractivity contribution >= 4 is 33.6 Å². The molecule has 6 nitrogen and oxygen atoms in total. The number of hydrogen-bond acceptors (Lipinski definition) is 5. The van der Waals surface area contributed by atoms with E-state index in [1.54, 1.807) is 36.4 Å². The van der Waals surface area contributed by atoms with E-state index in [0.717, 1.165) is 5.56 Å². The third kappa shape index (κ3) is 5.95. The van der Waals surface area contributed by atoms with Gasteiger partial charge < -0.3 is 5.11 Å². The molecule has 0 saturated heterocycles. The fourth-order valence-corrected chi connectivity index (χ4v) is 3.48. The number of phenols is 1. The Hall–Kier alpha value is -3.60. The van der Waals surface area contributed by atoms with Gasteiger partial charge in [0.1, 0.15) is 5.75 Å². The van der Waals surface area contributed by atoms with Crippen molar-refractivity contribution in [3.05, 3.63) is 94.0 Å². The number of amides is 1. The number of aromatic hydroxyl groups is 1. The number of hydrogen-bond donors (Lipinski definition) is 2. The van der Waals surface area contributed by atoms with Gasteiger partial charge >= 0.3 is 0 Å². The largest absolute Gasteiger partial charge is 0.506 e. The van der Waals surface area contributed by atoms with Crippen molar-refractivity contribution in [2.24, 2.45) is 5.10 Å². The first-order valence-electron chi connectivity index (χ1n) is 9.01. The van der Waals surface area contributed by atoms with Gasteiger partial charge in [0.15, 0.2) is 0 Å². The van der Waals surface area contributed by atoms with Crippen LogP contribution in [-0.4, -0.2) is 25.6 Å². The molecule has 0 unspecified atom stereocenters. The second-order valence-corrected chi connectivity index (χ2v) is 8.62. The standard InChI is InChI=1S/C23H17ClN2O4S/c1-16-2-9-20(10-3-16)31(29,30)13-12-17-4-6-18(7-5-17)15-25-26-23(28)19-8-11-22(27)21(24)14-19/h2-11,14-15,27H,1H3,(H,26,28). The summed E-state index contributed by atoms with van der Waals surface area (Å²) in [6, 6.07) is 17.3. The minimum absolute atomic E-state index is 0.0673. The fraction of sp³-hybridized carbons (Fsp3) is 0.0435. The monoisotopic (exact) mass is 452 g/mol. The van der Waals surface area contributed by atoms with Gasteiger partial charge in [-0.3, -0.25) is 4.79 Å². The first-order valence-corrected chi connectivity index (χ1v) is 10.9. The second-order valence-electron chi connectivity index (χ2n) is 6.53. The topological polar surface area (TPSA) is 95.8 Å². The molecule has 156 valence electrons. The number of aryl methyl sites for hydroxylation is 1. The highest BCUT2D eigenvalue weighted by Gasteiger charge is 2.10. The number of carbonyl (C=O) groups excluding carboxylic acids is 1. The number of benzene rings is 3. The molecular weight excluding hydrogens is 436 g/mol. The van der Waals surface area contributed by atoms with Crippen LogP contribution in [0.1, 0.15) is 27.0 Å². The van der Waals surface area contributed by atoms with E-state index in [4.69, 9.17) is 11.6 Å². The second kappa shape index (κ2) is 9.47. The van der Waals surface area contributed by atoms with Gasteiger partial charge in [-0.25, -0.2) is 13.8 Å². The highest BCUT2D eigenvalue weighted by Crippen LogP contribution is 2.23. The van der Waals surface area contributed by atoms with Crippen molar-refractivity contribution in [3.8, 4) is 16.9 Å². The summed E-state index contributed by atoms with van der Waals surface area (Å²) in [6.45, 7) is 1.88. The van der Waals surface area contributed by atoms with Crippen molar-refractivity contribution in [1.29, 1.82) is 0 Å². The molecule has 3 aromatic carbocycles. The maximum atomic E-state index is 12.3. The van der Waals surface area contributed by atoms with Crippen LogP contribution in [0.3, 0.4) is 0 Å². The Morgan fingerprint density at radius 3 is 2.39 bits per heavy atom. The molecule has 0 radical (unpaired) electrons. The lowest BCUT2D eigenvalue weighted by Gasteiger charge is -2.02. The zero-order valence-corrected chi connectivity index (χ0v) is 17.9. The maximum Gasteiger partial charge on any atom is 0.271 e. The number of phenolic OH excluding ortho intramolecular Hbond substituents is 1. The van der Waals surface area contributed by atoms with E-state index in [0.29, 0.717) is 11.1 Å². The average Bonchev–Trinajstić information content (AvgIpc) is 2.75. The van der Waals surface area contributed by atoms with Crippen molar-refractivity contribution in [1.82, 2.24) is 5.43 Å². The minimum atomic E-state index is -3.70. The smallest absolute Gasteiger partial charge is 0.271 e. The van der Waals surface area contributed by atoms with Crippen LogP contribution in [0.4, 0.5) is 0 Å². The number of sulfone groups is 1. The zero-order valence-electron chi connectivity index (χ0n) is 16.3. The summed E-state index contributed by atoms with van der Waals surface area (Å²) >= 11 is 5.78. The van der Waals surface area contributed by atoms with E-state index >= 15 is 0 Å². The molecule has 8 heteroatoms. The van der Waals surface area contributed by atoms with Gasteiger partial charge in [0.2, 0.25) is 9.84 Å². The summed E-state index contributed by atoms with van der Waals surface area (Å²) in [5, 5.41) is 15.6. The molecule has 31 heavy (non-hydrogen) atoms. The van der Waals surface area contributed by atoms with Crippen molar-refractivity contribution < 1.29 is 18.3 Å². The van der Waals surface area contributed by atoms with E-state index in [1.807, 2.05) is 6.92 Å². The molecule has 0 bridgehead atoms. The number of hydrazone groups is 1. The van der Waals surface area contributed by atoms with Gasteiger partial charge in [-0.15, -0.1) is 0 Å². The van der Waals surface area contributed by atoms with Gasteiger partial charge in [0, 0.05) is 16.4 Å². The molecular formula is C23H17ClN2O4S. The number of nitrogens with zero attached hydrogens (tertiary/aromatic N) is 1. The van der Waals surface area contributed by atoms with Gasteiger partial charge in [-0.05, 0) is 60.9 Å². The maximum absolute atomic E-state index is 12.3. The highest BCUT2D eigenvalue weighted by molar-refractivity contribution is 7.96. The summed E-state index contributed by atoms with van der Waals surface area (Å²) in [7, 11) is -3.70. The third-order valence-electron chi connectivity index (χ3n) is 4.16. The zero-order chi connectivity index (χ0) is 22.4. The van der Waals surface area contributed by atoms with E-state index in [-0.39, 0.29) is 21.2 Å². The number of carbonyl (C=O) groups is 1. The fourth-order valence-electron chi connectivity index (χ4n) is 2.43. The Balaban J connectivity index is 1.64. The molecule has 0 fully saturated rings. The summed E-state index contributed by atoms with van der Waals surface area (Å²) in [4.78, 5) is 12.2. The van der Waals surface area contributed by atoms with Crippen molar-refractivity contribution in [2.45, 2.75) is 11.8 Å². The normalized spacial score (nSPS) is 11.0. The van der Waals surface area contributed by atoms with Crippen LogP contribution < -0.4 is 5.43 Å². The summed E-state index contributed by atoms with van der Waals surface area (Å²) in [5.41, 5.74) is 4.77. The van der Waals surface area contributed by atoms with Crippen LogP contribution in [0.2, 0.25) is 5.02 Å². The summed E-state index contributed by atoms with van der Waals surface area (Å²) < 4.78 is 24.6. The third-order valence-corrected chi connectivity index (χ3v) is 5.73. The lowest BCUT2D eigenvalue weighted by molar-refractivity contribution is 0.0955. The molecule has 2 N–H and O–H groups in total. The summed E-state index contributed by atoms with van der Waals surface area (Å²) in [6.07, 6.45) is 1.43. The number of nitrogens with one attached hydrogen (secondary N) is 1. The Bertz CT molecular complexity index is 1300. The lowest BCUT2D eigenvalue weighted by Crippen LogP contribution is -2.17. The molecule has 0 aliphatic rings. The van der Waals surface area contributed by atoms with Crippen molar-refractivity contribution in [2.75, 3.05) is 0 Å². The van der Waals surface area contributed by atoms with Crippen LogP contribution in [-0.2, 0) is 9.84 Å². The van der Waals surface area contributed by atoms with E-state index in [9.17, 15) is 18.3 Å². The molecule has 0 heterocycles. The first-order chi connectivity index (χ1) is 14.7. The average molecular weight is 453 g/mol. The summed E-state index contributed by atoms with van der Waals surface area (Å²) in [5.74, 6) is 2.05. The molecule has 0 spiro atoms. The Labute approximate surface area is 185 Å². The van der Waals surface area contributed by atoms with E-state index in [2.05, 4.69) is 21.7 Å². The van der Waals surface area contributed by atoms with Crippen molar-refractivity contribution in [3.63, 3.8) is 0 Å². The molecule has 0 atom stereocenters. The Morgan fingerprint density at radius 2 is 1.74 bits per heavy atom. The van der Waals surface area contributed by atoms with Crippen LogP contribution in [0.15, 0.2) is 76.7 Å². The Kier molecular flexibility index (Phi) is 6.75. The SMILES string of the molecule is Cc1ccc(S(=O)(=O)C#Cc2ccc(C=NNC(=O)c3ccc(O)c(Cl)c3)cc2)cc1. The first kappa shape index (κ1) is 22.1. The quantitative estimate of drug-likeness (QED) is 0.356. The lowest BCUT2D eigenvalue weighted by atomic mass is 10.1. The van der Waals surface area contributed by atoms with E-state index < -0.39 is 15.7 Å². The van der Waals surface area contributed by atoms with Gasteiger partial charge in [0.05, 0.1) is 16.1 Å². The molecule has 0 aromatic heterocycles. The van der Waals surface area contributed by atoms with Crippen LogP contribution >= 0.6 is 11.6 Å². The van der Waals surface area contributed by atoms with Crippen LogP contribution in [0.25, 0.3) is 0 Å².